The molecule has 0 unspecified atom stereocenters. The second-order valence-corrected chi connectivity index (χ2v) is 4.64. The monoisotopic (exact) mass is 268 g/mol. The van der Waals surface area contributed by atoms with E-state index < -0.39 is 0 Å². The molecule has 0 aliphatic heterocycles. The van der Waals surface area contributed by atoms with Gasteiger partial charge in [-0.3, -0.25) is 9.78 Å². The third-order valence-electron chi connectivity index (χ3n) is 3.05. The van der Waals surface area contributed by atoms with E-state index >= 15 is 0 Å². The normalized spacial score (nSPS) is 12.4. The molecule has 3 rings (SSSR count). The Morgan fingerprint density at radius 1 is 1.20 bits per heavy atom. The van der Waals surface area contributed by atoms with Crippen molar-refractivity contribution in [3.8, 4) is 0 Å². The van der Waals surface area contributed by atoms with Crippen molar-refractivity contribution in [2.24, 2.45) is 5.73 Å². The van der Waals surface area contributed by atoms with Crippen LogP contribution in [0.5, 0.6) is 0 Å². The van der Waals surface area contributed by atoms with Gasteiger partial charge in [-0.15, -0.1) is 0 Å². The summed E-state index contributed by atoms with van der Waals surface area (Å²) in [5.74, 6) is 1.39. The summed E-state index contributed by atoms with van der Waals surface area (Å²) < 4.78 is 1.78. The molecule has 102 valence electrons. The Balaban J connectivity index is 1.67. The number of nitrogens with two attached hydrogens (primary N) is 1. The van der Waals surface area contributed by atoms with E-state index in [4.69, 9.17) is 5.73 Å². The van der Waals surface area contributed by atoms with E-state index in [0.29, 0.717) is 12.4 Å². The van der Waals surface area contributed by atoms with Crippen LogP contribution in [0.25, 0.3) is 0 Å². The summed E-state index contributed by atoms with van der Waals surface area (Å²) >= 11 is 0. The minimum Gasteiger partial charge on any atom is -0.321 e. The van der Waals surface area contributed by atoms with Gasteiger partial charge in [-0.2, -0.15) is 10.2 Å². The molecule has 20 heavy (non-hydrogen) atoms. The summed E-state index contributed by atoms with van der Waals surface area (Å²) in [6, 6.07) is 11.8. The van der Waals surface area contributed by atoms with E-state index in [1.165, 1.54) is 5.56 Å². The van der Waals surface area contributed by atoms with Crippen LogP contribution < -0.4 is 5.73 Å². The molecule has 0 spiro atoms. The maximum atomic E-state index is 6.15. The fraction of sp³-hybridized carbons (Fsp3) is 0.214. The summed E-state index contributed by atoms with van der Waals surface area (Å²) in [6.07, 6.45) is 4.34. The van der Waals surface area contributed by atoms with E-state index in [-0.39, 0.29) is 6.04 Å². The number of hydrogen-bond acceptors (Lipinski definition) is 4. The van der Waals surface area contributed by atoms with Crippen LogP contribution in [0.4, 0.5) is 0 Å². The van der Waals surface area contributed by atoms with E-state index in [0.717, 1.165) is 12.2 Å². The van der Waals surface area contributed by atoms with Crippen molar-refractivity contribution in [3.05, 3.63) is 66.0 Å². The Hall–Kier alpha value is -2.47. The van der Waals surface area contributed by atoms with E-state index in [1.807, 2.05) is 30.5 Å². The molecule has 0 saturated heterocycles. The van der Waals surface area contributed by atoms with Crippen molar-refractivity contribution >= 4 is 0 Å². The highest BCUT2D eigenvalue weighted by Gasteiger charge is 2.13. The fourth-order valence-corrected chi connectivity index (χ4v) is 2.05. The lowest BCUT2D eigenvalue weighted by Gasteiger charge is -2.07. The summed E-state index contributed by atoms with van der Waals surface area (Å²) in [4.78, 5) is 4.43. The highest BCUT2D eigenvalue weighted by molar-refractivity contribution is 5.17. The summed E-state index contributed by atoms with van der Waals surface area (Å²) in [6.45, 7) is 0.568. The Kier molecular flexibility index (Phi) is 3.56. The number of benzene rings is 1. The minimum absolute atomic E-state index is 0.208. The molecular weight excluding hydrogens is 252 g/mol. The van der Waals surface area contributed by atoms with Gasteiger partial charge in [0.2, 0.25) is 0 Å². The highest BCUT2D eigenvalue weighted by Crippen LogP contribution is 2.12. The molecule has 2 heterocycles. The van der Waals surface area contributed by atoms with Gasteiger partial charge >= 0.3 is 0 Å². The standard InChI is InChI=1S/C14H16N6/c15-12(9-11-5-2-1-3-6-11)14-17-13(18-19-14)10-20-8-4-7-16-20/h1-8,12H,9-10,15H2,(H,17,18,19)/t12-/m0/s1. The van der Waals surface area contributed by atoms with E-state index in [9.17, 15) is 0 Å². The molecule has 0 amide bonds. The average molecular weight is 268 g/mol. The zero-order valence-electron chi connectivity index (χ0n) is 11.0. The number of aromatic amines is 1. The maximum Gasteiger partial charge on any atom is 0.167 e. The SMILES string of the molecule is N[C@@H](Cc1ccccc1)c1n[nH]c(Cn2cccn2)n1. The molecule has 0 radical (unpaired) electrons. The number of aromatic nitrogens is 5. The van der Waals surface area contributed by atoms with Crippen LogP contribution >= 0.6 is 0 Å². The number of nitrogens with zero attached hydrogens (tertiary/aromatic N) is 4. The summed E-state index contributed by atoms with van der Waals surface area (Å²) in [5, 5.41) is 11.2. The fourth-order valence-electron chi connectivity index (χ4n) is 2.05. The summed E-state index contributed by atoms with van der Waals surface area (Å²) in [5.41, 5.74) is 7.33. The van der Waals surface area contributed by atoms with Gasteiger partial charge in [0, 0.05) is 12.4 Å². The van der Waals surface area contributed by atoms with Crippen LogP contribution in [-0.4, -0.2) is 25.0 Å². The molecule has 2 aromatic heterocycles. The van der Waals surface area contributed by atoms with Gasteiger partial charge in [-0.1, -0.05) is 30.3 Å². The van der Waals surface area contributed by atoms with E-state index in [2.05, 4.69) is 32.4 Å². The largest absolute Gasteiger partial charge is 0.321 e. The first-order chi connectivity index (χ1) is 9.81. The predicted octanol–water partition coefficient (Wildman–Crippen LogP) is 1.29. The Bertz CT molecular complexity index is 643. The van der Waals surface area contributed by atoms with Gasteiger partial charge < -0.3 is 5.73 Å². The first-order valence-corrected chi connectivity index (χ1v) is 6.49. The molecule has 1 atom stereocenters. The second-order valence-electron chi connectivity index (χ2n) is 4.64. The Labute approximate surface area is 116 Å². The quantitative estimate of drug-likeness (QED) is 0.730. The number of rotatable bonds is 5. The molecule has 0 bridgehead atoms. The minimum atomic E-state index is -0.208. The average Bonchev–Trinajstić information content (AvgIpc) is 3.12. The Morgan fingerprint density at radius 3 is 2.80 bits per heavy atom. The highest BCUT2D eigenvalue weighted by atomic mass is 15.3. The van der Waals surface area contributed by atoms with Crippen molar-refractivity contribution < 1.29 is 0 Å². The van der Waals surface area contributed by atoms with Gasteiger partial charge in [0.05, 0.1) is 6.04 Å². The van der Waals surface area contributed by atoms with Crippen molar-refractivity contribution in [1.29, 1.82) is 0 Å². The lowest BCUT2D eigenvalue weighted by molar-refractivity contribution is 0.651. The lowest BCUT2D eigenvalue weighted by Crippen LogP contribution is -2.15. The molecule has 6 heteroatoms. The predicted molar refractivity (Wildman–Crippen MR) is 74.8 cm³/mol. The molecule has 3 N–H and O–H groups in total. The smallest absolute Gasteiger partial charge is 0.167 e. The van der Waals surface area contributed by atoms with Crippen molar-refractivity contribution in [2.75, 3.05) is 0 Å². The van der Waals surface area contributed by atoms with Crippen LogP contribution in [0, 0.1) is 0 Å². The molecular formula is C14H16N6. The molecule has 0 aliphatic rings. The van der Waals surface area contributed by atoms with Crippen LogP contribution in [-0.2, 0) is 13.0 Å². The molecule has 1 aromatic carbocycles. The van der Waals surface area contributed by atoms with Crippen molar-refractivity contribution in [3.63, 3.8) is 0 Å². The molecule has 3 aromatic rings. The first kappa shape index (κ1) is 12.6. The van der Waals surface area contributed by atoms with Crippen LogP contribution in [0.2, 0.25) is 0 Å². The zero-order valence-corrected chi connectivity index (χ0v) is 11.0. The van der Waals surface area contributed by atoms with E-state index in [1.54, 1.807) is 10.9 Å². The van der Waals surface area contributed by atoms with Crippen molar-refractivity contribution in [1.82, 2.24) is 25.0 Å². The van der Waals surface area contributed by atoms with Gasteiger partial charge in [0.15, 0.2) is 5.82 Å². The third kappa shape index (κ3) is 2.92. The summed E-state index contributed by atoms with van der Waals surface area (Å²) in [7, 11) is 0. The van der Waals surface area contributed by atoms with Gasteiger partial charge in [-0.25, -0.2) is 4.98 Å². The zero-order chi connectivity index (χ0) is 13.8. The van der Waals surface area contributed by atoms with Crippen molar-refractivity contribution in [2.45, 2.75) is 19.0 Å². The molecule has 0 saturated carbocycles. The van der Waals surface area contributed by atoms with Gasteiger partial charge in [-0.05, 0) is 18.1 Å². The number of nitrogens with one attached hydrogen (secondary N) is 1. The Morgan fingerprint density at radius 2 is 2.05 bits per heavy atom. The maximum absolute atomic E-state index is 6.15. The second kappa shape index (κ2) is 5.66. The first-order valence-electron chi connectivity index (χ1n) is 6.49. The van der Waals surface area contributed by atoms with Crippen LogP contribution in [0.1, 0.15) is 23.3 Å². The molecule has 0 aliphatic carbocycles. The van der Waals surface area contributed by atoms with Crippen LogP contribution in [0.3, 0.4) is 0 Å². The third-order valence-corrected chi connectivity index (χ3v) is 3.05. The van der Waals surface area contributed by atoms with Gasteiger partial charge in [0.25, 0.3) is 0 Å². The molecule has 6 nitrogen and oxygen atoms in total. The molecule has 0 fully saturated rings. The van der Waals surface area contributed by atoms with Gasteiger partial charge in [0.1, 0.15) is 12.4 Å². The van der Waals surface area contributed by atoms with Crippen LogP contribution in [0.15, 0.2) is 48.8 Å². The number of hydrogen-bond donors (Lipinski definition) is 2. The topological polar surface area (TPSA) is 85.4 Å². The number of H-pyrrole nitrogens is 1. The lowest BCUT2D eigenvalue weighted by atomic mass is 10.1.